The average molecular weight is 387 g/mol. The molecule has 0 radical (unpaired) electrons. The van der Waals surface area contributed by atoms with Crippen LogP contribution in [0, 0.1) is 5.92 Å². The third-order valence-corrected chi connectivity index (χ3v) is 5.80. The maximum Gasteiger partial charge on any atom is 0.308 e. The van der Waals surface area contributed by atoms with E-state index >= 15 is 0 Å². The van der Waals surface area contributed by atoms with Crippen LogP contribution in [0.3, 0.4) is 0 Å². The van der Waals surface area contributed by atoms with Crippen LogP contribution in [0.5, 0.6) is 5.88 Å². The van der Waals surface area contributed by atoms with Gasteiger partial charge >= 0.3 is 5.97 Å². The molecule has 0 atom stereocenters. The van der Waals surface area contributed by atoms with Crippen LogP contribution in [0.4, 0.5) is 0 Å². The lowest BCUT2D eigenvalue weighted by molar-refractivity contribution is -0.151. The highest BCUT2D eigenvalue weighted by atomic mass is 16.5. The van der Waals surface area contributed by atoms with Crippen molar-refractivity contribution < 1.29 is 14.3 Å². The summed E-state index contributed by atoms with van der Waals surface area (Å²) < 4.78 is 12.8. The zero-order valence-electron chi connectivity index (χ0n) is 16.3. The van der Waals surface area contributed by atoms with E-state index in [1.165, 1.54) is 18.0 Å². The Labute approximate surface area is 168 Å². The summed E-state index contributed by atoms with van der Waals surface area (Å²) in [6, 6.07) is 12.4. The summed E-state index contributed by atoms with van der Waals surface area (Å²) in [6.45, 7) is 0. The Morgan fingerprint density at radius 3 is 2.62 bits per heavy atom. The van der Waals surface area contributed by atoms with E-state index < -0.39 is 0 Å². The van der Waals surface area contributed by atoms with Gasteiger partial charge in [0, 0.05) is 53.6 Å². The Morgan fingerprint density at radius 2 is 1.86 bits per heavy atom. The van der Waals surface area contributed by atoms with Crippen LogP contribution in [-0.4, -0.2) is 33.7 Å². The molecule has 1 saturated carbocycles. The predicted molar refractivity (Wildman–Crippen MR) is 111 cm³/mol. The number of aromatic nitrogens is 3. The number of pyridine rings is 2. The second-order valence-corrected chi connectivity index (χ2v) is 7.50. The Hall–Kier alpha value is -3.41. The van der Waals surface area contributed by atoms with Crippen molar-refractivity contribution in [1.82, 2.24) is 14.5 Å². The van der Waals surface area contributed by atoms with Crippen molar-refractivity contribution in [3.8, 4) is 17.0 Å². The fourth-order valence-corrected chi connectivity index (χ4v) is 4.05. The Morgan fingerprint density at radius 1 is 1.03 bits per heavy atom. The number of esters is 1. The van der Waals surface area contributed by atoms with Crippen LogP contribution < -0.4 is 4.74 Å². The summed E-state index contributed by atoms with van der Waals surface area (Å²) in [4.78, 5) is 20.2. The van der Waals surface area contributed by atoms with Crippen LogP contribution in [0.2, 0.25) is 0 Å². The molecular weight excluding hydrogens is 366 g/mol. The van der Waals surface area contributed by atoms with E-state index in [1.54, 1.807) is 0 Å². The van der Waals surface area contributed by atoms with Crippen molar-refractivity contribution in [2.75, 3.05) is 7.11 Å². The molecule has 4 aromatic rings. The van der Waals surface area contributed by atoms with Gasteiger partial charge < -0.3 is 14.0 Å². The predicted octanol–water partition coefficient (Wildman–Crippen LogP) is 4.12. The fraction of sp³-hybridized carbons (Fsp3) is 0.261. The monoisotopic (exact) mass is 387 g/mol. The van der Waals surface area contributed by atoms with E-state index in [-0.39, 0.29) is 18.0 Å². The minimum absolute atomic E-state index is 0.0261. The van der Waals surface area contributed by atoms with Crippen LogP contribution in [-0.2, 0) is 16.6 Å². The number of carbonyl (C=O) groups is 1. The molecule has 146 valence electrons. The molecule has 3 aromatic heterocycles. The fourth-order valence-electron chi connectivity index (χ4n) is 4.05. The summed E-state index contributed by atoms with van der Waals surface area (Å²) in [5, 5.41) is 2.35. The van der Waals surface area contributed by atoms with Crippen molar-refractivity contribution in [1.29, 1.82) is 0 Å². The minimum Gasteiger partial charge on any atom is -0.474 e. The highest BCUT2D eigenvalue weighted by Gasteiger charge is 2.37. The number of ether oxygens (including phenoxy) is 2. The third-order valence-electron chi connectivity index (χ3n) is 5.80. The number of benzene rings is 1. The van der Waals surface area contributed by atoms with Gasteiger partial charge in [0.25, 0.3) is 0 Å². The second kappa shape index (κ2) is 6.88. The number of fused-ring (bicyclic) bond motifs is 3. The first-order valence-corrected chi connectivity index (χ1v) is 9.67. The van der Waals surface area contributed by atoms with E-state index in [2.05, 4.69) is 39.8 Å². The van der Waals surface area contributed by atoms with Crippen molar-refractivity contribution in [2.45, 2.75) is 18.9 Å². The summed E-state index contributed by atoms with van der Waals surface area (Å²) in [5.74, 6) is 0.374. The van der Waals surface area contributed by atoms with Gasteiger partial charge in [-0.05, 0) is 36.6 Å². The number of hydrogen-bond donors (Lipinski definition) is 0. The summed E-state index contributed by atoms with van der Waals surface area (Å²) in [6.07, 6.45) is 6.96. The number of rotatable bonds is 4. The van der Waals surface area contributed by atoms with E-state index in [1.807, 2.05) is 36.8 Å². The van der Waals surface area contributed by atoms with Crippen molar-refractivity contribution in [3.05, 3.63) is 55.0 Å². The van der Waals surface area contributed by atoms with E-state index in [9.17, 15) is 4.79 Å². The molecule has 1 aliphatic carbocycles. The zero-order chi connectivity index (χ0) is 20.0. The van der Waals surface area contributed by atoms with Gasteiger partial charge in [-0.2, -0.15) is 0 Å². The molecular formula is C23H21N3O3. The van der Waals surface area contributed by atoms with Gasteiger partial charge in [-0.1, -0.05) is 12.1 Å². The standard InChI is InChI=1S/C23H21N3O3/c1-26-20-7-8-24-13-19(20)18-5-3-14(11-21(18)26)15-4-6-22(25-12-15)29-17-9-16(10-17)23(27)28-2/h3-8,11-13,16-17H,9-10H2,1-2H3/t16-,17-. The van der Waals surface area contributed by atoms with Gasteiger partial charge in [0.15, 0.2) is 0 Å². The number of carbonyl (C=O) groups excluding carboxylic acids is 1. The molecule has 1 aromatic carbocycles. The molecule has 6 nitrogen and oxygen atoms in total. The van der Waals surface area contributed by atoms with Gasteiger partial charge in [0.1, 0.15) is 6.10 Å². The molecule has 0 N–H and O–H groups in total. The maximum absolute atomic E-state index is 11.5. The second-order valence-electron chi connectivity index (χ2n) is 7.50. The van der Waals surface area contributed by atoms with Crippen molar-refractivity contribution >= 4 is 27.8 Å². The zero-order valence-corrected chi connectivity index (χ0v) is 16.3. The molecule has 1 fully saturated rings. The van der Waals surface area contributed by atoms with Crippen LogP contribution in [0.25, 0.3) is 32.9 Å². The molecule has 6 heteroatoms. The molecule has 0 bridgehead atoms. The van der Waals surface area contributed by atoms with Crippen molar-refractivity contribution in [3.63, 3.8) is 0 Å². The van der Waals surface area contributed by atoms with Gasteiger partial charge in [-0.25, -0.2) is 4.98 Å². The van der Waals surface area contributed by atoms with Crippen LogP contribution in [0.15, 0.2) is 55.0 Å². The summed E-state index contributed by atoms with van der Waals surface area (Å²) in [5.41, 5.74) is 4.46. The largest absolute Gasteiger partial charge is 0.474 e. The Bertz CT molecular complexity index is 1210. The Kier molecular flexibility index (Phi) is 4.19. The summed E-state index contributed by atoms with van der Waals surface area (Å²) >= 11 is 0. The first-order chi connectivity index (χ1) is 14.1. The molecule has 29 heavy (non-hydrogen) atoms. The highest BCUT2D eigenvalue weighted by Crippen LogP contribution is 2.33. The molecule has 0 spiro atoms. The lowest BCUT2D eigenvalue weighted by atomic mass is 9.82. The number of nitrogens with zero attached hydrogens (tertiary/aromatic N) is 3. The quantitative estimate of drug-likeness (QED) is 0.493. The number of hydrogen-bond acceptors (Lipinski definition) is 5. The van der Waals surface area contributed by atoms with Crippen LogP contribution in [0.1, 0.15) is 12.8 Å². The number of methoxy groups -OCH3 is 1. The van der Waals surface area contributed by atoms with E-state index in [4.69, 9.17) is 9.47 Å². The minimum atomic E-state index is -0.160. The highest BCUT2D eigenvalue weighted by molar-refractivity contribution is 6.08. The topological polar surface area (TPSA) is 66.2 Å². The smallest absolute Gasteiger partial charge is 0.308 e. The number of aryl methyl sites for hydroxylation is 1. The molecule has 3 heterocycles. The molecule has 1 aliphatic rings. The van der Waals surface area contributed by atoms with Crippen LogP contribution >= 0.6 is 0 Å². The third kappa shape index (κ3) is 3.01. The van der Waals surface area contributed by atoms with Gasteiger partial charge in [0.05, 0.1) is 18.5 Å². The Balaban J connectivity index is 1.36. The summed E-state index contributed by atoms with van der Waals surface area (Å²) in [7, 11) is 3.49. The van der Waals surface area contributed by atoms with Crippen molar-refractivity contribution in [2.24, 2.45) is 13.0 Å². The maximum atomic E-state index is 11.5. The molecule has 0 aliphatic heterocycles. The SMILES string of the molecule is COC(=O)[C@H]1C[C@H](Oc2ccc(-c3ccc4c5cnccc5n(C)c4c3)cn2)C1. The van der Waals surface area contributed by atoms with E-state index in [0.717, 1.165) is 22.0 Å². The first-order valence-electron chi connectivity index (χ1n) is 9.67. The van der Waals surface area contributed by atoms with Gasteiger partial charge in [-0.3, -0.25) is 9.78 Å². The lowest BCUT2D eigenvalue weighted by Gasteiger charge is -2.32. The molecule has 5 rings (SSSR count). The first kappa shape index (κ1) is 17.7. The molecule has 0 saturated heterocycles. The molecule has 0 unspecified atom stereocenters. The molecule has 0 amide bonds. The van der Waals surface area contributed by atoms with E-state index in [0.29, 0.717) is 18.7 Å². The average Bonchev–Trinajstić information content (AvgIpc) is 3.02. The normalized spacial score (nSPS) is 18.6. The van der Waals surface area contributed by atoms with Gasteiger partial charge in [-0.15, -0.1) is 0 Å². The van der Waals surface area contributed by atoms with Gasteiger partial charge in [0.2, 0.25) is 5.88 Å². The lowest BCUT2D eigenvalue weighted by Crippen LogP contribution is -2.38.